The molecule has 1 aliphatic rings. The lowest BCUT2D eigenvalue weighted by atomic mass is 10.4. The van der Waals surface area contributed by atoms with E-state index < -0.39 is 0 Å². The highest BCUT2D eigenvalue weighted by Gasteiger charge is 2.27. The van der Waals surface area contributed by atoms with Gasteiger partial charge in [-0.3, -0.25) is 0 Å². The van der Waals surface area contributed by atoms with Gasteiger partial charge in [0, 0.05) is 29.7 Å². The molecule has 1 aliphatic heterocycles. The van der Waals surface area contributed by atoms with Gasteiger partial charge >= 0.3 is 0 Å². The van der Waals surface area contributed by atoms with Crippen molar-refractivity contribution in [2.24, 2.45) is 0 Å². The van der Waals surface area contributed by atoms with Gasteiger partial charge in [-0.05, 0) is 6.92 Å². The number of hydrogen-bond acceptors (Lipinski definition) is 4. The van der Waals surface area contributed by atoms with Crippen LogP contribution in [0.1, 0.15) is 6.92 Å². The fourth-order valence-electron chi connectivity index (χ4n) is 1.21. The Morgan fingerprint density at radius 3 is 2.46 bits per heavy atom. The molecular formula is C8H10N4P. The summed E-state index contributed by atoms with van der Waals surface area (Å²) >= 11 is 0. The second kappa shape index (κ2) is 4.70. The zero-order valence-electron chi connectivity index (χ0n) is 7.60. The van der Waals surface area contributed by atoms with E-state index in [2.05, 4.69) is 6.07 Å². The number of allylic oxidation sites excluding steroid dienone is 1. The summed E-state index contributed by atoms with van der Waals surface area (Å²) in [7, 11) is 1.75. The van der Waals surface area contributed by atoms with Crippen LogP contribution in [-0.2, 0) is 0 Å². The van der Waals surface area contributed by atoms with Crippen LogP contribution in [0.15, 0.2) is 11.9 Å². The summed E-state index contributed by atoms with van der Waals surface area (Å²) in [5.74, 6) is 0. The maximum atomic E-state index is 8.78. The Morgan fingerprint density at radius 1 is 1.54 bits per heavy atom. The number of rotatable bonds is 1. The summed E-state index contributed by atoms with van der Waals surface area (Å²) in [6.07, 6.45) is 1.40. The van der Waals surface area contributed by atoms with E-state index in [0.29, 0.717) is 5.70 Å². The van der Waals surface area contributed by atoms with Gasteiger partial charge in [0.15, 0.2) is 6.17 Å². The molecule has 0 aromatic rings. The van der Waals surface area contributed by atoms with Crippen LogP contribution in [0.2, 0.25) is 0 Å². The molecule has 5 heteroatoms. The van der Waals surface area contributed by atoms with Crippen molar-refractivity contribution in [2.75, 3.05) is 13.6 Å². The highest BCUT2D eigenvalue weighted by atomic mass is 31.0. The highest BCUT2D eigenvalue weighted by Crippen LogP contribution is 2.18. The molecule has 1 unspecified atom stereocenters. The van der Waals surface area contributed by atoms with E-state index in [0.717, 1.165) is 6.54 Å². The molecule has 67 valence electrons. The van der Waals surface area contributed by atoms with Gasteiger partial charge < -0.3 is 9.80 Å². The van der Waals surface area contributed by atoms with E-state index in [1.165, 1.54) is 0 Å². The topological polar surface area (TPSA) is 54.1 Å². The first kappa shape index (κ1) is 11.8. The maximum Gasteiger partial charge on any atom is 0.192 e. The molecule has 0 aromatic heterocycles. The minimum absolute atomic E-state index is 0. The van der Waals surface area contributed by atoms with Crippen LogP contribution < -0.4 is 0 Å². The molecular weight excluding hydrogens is 183 g/mol. The molecule has 0 spiro atoms. The highest BCUT2D eigenvalue weighted by molar-refractivity contribution is 6.92. The first-order chi connectivity index (χ1) is 5.74. The standard InChI is InChI=1S/C8H10N4.P/c1-3-12-6-7(4-9)11(2)8(12)5-10;/h6,8H,3H2,1-2H3;. The molecule has 0 saturated heterocycles. The van der Waals surface area contributed by atoms with Gasteiger partial charge in [0.1, 0.15) is 17.8 Å². The van der Waals surface area contributed by atoms with Crippen LogP contribution >= 0.6 is 9.90 Å². The van der Waals surface area contributed by atoms with Gasteiger partial charge in [0.25, 0.3) is 0 Å². The van der Waals surface area contributed by atoms with E-state index in [1.54, 1.807) is 18.1 Å². The second-order valence-corrected chi connectivity index (χ2v) is 2.57. The van der Waals surface area contributed by atoms with Crippen molar-refractivity contribution < 1.29 is 0 Å². The third-order valence-corrected chi connectivity index (χ3v) is 1.94. The smallest absolute Gasteiger partial charge is 0.192 e. The summed E-state index contributed by atoms with van der Waals surface area (Å²) in [4.78, 5) is 3.50. The SMILES string of the molecule is CCN1C=C(C#N)N(C)C1C#N.[P]. The molecule has 0 N–H and O–H groups in total. The number of nitrogens with zero attached hydrogens (tertiary/aromatic N) is 4. The molecule has 1 rings (SSSR count). The Hall–Kier alpha value is -1.25. The zero-order chi connectivity index (χ0) is 9.14. The molecule has 4 nitrogen and oxygen atoms in total. The summed E-state index contributed by atoms with van der Waals surface area (Å²) in [5, 5.41) is 17.4. The second-order valence-electron chi connectivity index (χ2n) is 2.57. The molecule has 0 bridgehead atoms. The van der Waals surface area contributed by atoms with Crippen molar-refractivity contribution in [1.82, 2.24) is 9.80 Å². The van der Waals surface area contributed by atoms with Crippen LogP contribution in [0.5, 0.6) is 0 Å². The lowest BCUT2D eigenvalue weighted by molar-refractivity contribution is 0.233. The Labute approximate surface area is 81.7 Å². The summed E-state index contributed by atoms with van der Waals surface area (Å²) in [6, 6.07) is 4.16. The molecule has 0 saturated carbocycles. The molecule has 0 aliphatic carbocycles. The van der Waals surface area contributed by atoms with Gasteiger partial charge in [-0.2, -0.15) is 10.5 Å². The van der Waals surface area contributed by atoms with Crippen LogP contribution in [-0.4, -0.2) is 29.6 Å². The molecule has 0 fully saturated rings. The van der Waals surface area contributed by atoms with Crippen LogP contribution in [0.25, 0.3) is 0 Å². The van der Waals surface area contributed by atoms with E-state index in [4.69, 9.17) is 10.5 Å². The minimum Gasteiger partial charge on any atom is -0.343 e. The van der Waals surface area contributed by atoms with Crippen molar-refractivity contribution >= 4 is 9.90 Å². The fraction of sp³-hybridized carbons (Fsp3) is 0.500. The molecule has 3 radical (unpaired) electrons. The molecule has 1 heterocycles. The third kappa shape index (κ3) is 1.91. The first-order valence-electron chi connectivity index (χ1n) is 3.74. The monoisotopic (exact) mass is 193 g/mol. The molecule has 13 heavy (non-hydrogen) atoms. The quantitative estimate of drug-likeness (QED) is 0.589. The Balaban J connectivity index is 0.00000144. The van der Waals surface area contributed by atoms with E-state index >= 15 is 0 Å². The summed E-state index contributed by atoms with van der Waals surface area (Å²) < 4.78 is 0. The van der Waals surface area contributed by atoms with Crippen molar-refractivity contribution in [1.29, 1.82) is 10.5 Å². The maximum absolute atomic E-state index is 8.78. The summed E-state index contributed by atoms with van der Waals surface area (Å²) in [6.45, 7) is 2.70. The lowest BCUT2D eigenvalue weighted by Gasteiger charge is -2.22. The fourth-order valence-corrected chi connectivity index (χ4v) is 1.21. The van der Waals surface area contributed by atoms with Crippen molar-refractivity contribution in [3.05, 3.63) is 11.9 Å². The molecule has 0 aromatic carbocycles. The average molecular weight is 193 g/mol. The minimum atomic E-state index is -0.315. The average Bonchev–Trinajstić information content (AvgIpc) is 2.41. The van der Waals surface area contributed by atoms with Crippen LogP contribution in [0.4, 0.5) is 0 Å². The first-order valence-corrected chi connectivity index (χ1v) is 3.74. The summed E-state index contributed by atoms with van der Waals surface area (Å²) in [5.41, 5.74) is 0.545. The largest absolute Gasteiger partial charge is 0.343 e. The van der Waals surface area contributed by atoms with Gasteiger partial charge in [-0.1, -0.05) is 0 Å². The van der Waals surface area contributed by atoms with Crippen LogP contribution in [0, 0.1) is 22.7 Å². The predicted molar refractivity (Wildman–Crippen MR) is 50.2 cm³/mol. The van der Waals surface area contributed by atoms with E-state index in [9.17, 15) is 0 Å². The number of hydrogen-bond donors (Lipinski definition) is 0. The predicted octanol–water partition coefficient (Wildman–Crippen LogP) is 1.33. The molecule has 0 amide bonds. The van der Waals surface area contributed by atoms with Crippen molar-refractivity contribution in [3.8, 4) is 12.1 Å². The normalized spacial score (nSPS) is 20.0. The van der Waals surface area contributed by atoms with Crippen molar-refractivity contribution in [3.63, 3.8) is 0 Å². The van der Waals surface area contributed by atoms with Gasteiger partial charge in [-0.15, -0.1) is 0 Å². The Bertz CT molecular complexity index is 285. The zero-order valence-corrected chi connectivity index (χ0v) is 8.49. The Morgan fingerprint density at radius 2 is 2.15 bits per heavy atom. The van der Waals surface area contributed by atoms with E-state index in [1.807, 2.05) is 17.9 Å². The van der Waals surface area contributed by atoms with Gasteiger partial charge in [0.2, 0.25) is 0 Å². The third-order valence-electron chi connectivity index (χ3n) is 1.94. The van der Waals surface area contributed by atoms with Gasteiger partial charge in [-0.25, -0.2) is 0 Å². The number of nitriles is 2. The van der Waals surface area contributed by atoms with E-state index in [-0.39, 0.29) is 16.1 Å². The lowest BCUT2D eigenvalue weighted by Crippen LogP contribution is -2.35. The van der Waals surface area contributed by atoms with Crippen LogP contribution in [0.3, 0.4) is 0 Å². The molecule has 1 atom stereocenters. The van der Waals surface area contributed by atoms with Crippen molar-refractivity contribution in [2.45, 2.75) is 13.1 Å². The Kier molecular flexibility index (Phi) is 4.25. The van der Waals surface area contributed by atoms with Gasteiger partial charge in [0.05, 0.1) is 0 Å².